The highest BCUT2D eigenvalue weighted by Crippen LogP contribution is 2.59. The zero-order chi connectivity index (χ0) is 26.2. The summed E-state index contributed by atoms with van der Waals surface area (Å²) in [5.41, 5.74) is -0.386. The molecule has 8 heteroatoms. The van der Waals surface area contributed by atoms with Crippen molar-refractivity contribution in [3.63, 3.8) is 0 Å². The Hall–Kier alpha value is -2.97. The second kappa shape index (κ2) is 10.2. The number of amides is 3. The molecule has 3 fully saturated rings. The van der Waals surface area contributed by atoms with Crippen LogP contribution in [-0.2, 0) is 19.1 Å². The lowest BCUT2D eigenvalue weighted by Gasteiger charge is -2.39. The summed E-state index contributed by atoms with van der Waals surface area (Å²) in [5, 5.41) is 10.0. The molecule has 1 spiro atoms. The molecule has 3 heterocycles. The van der Waals surface area contributed by atoms with Gasteiger partial charge in [0.15, 0.2) is 0 Å². The molecule has 0 aliphatic carbocycles. The third-order valence-electron chi connectivity index (χ3n) is 7.87. The number of para-hydroxylation sites is 1. The van der Waals surface area contributed by atoms with Gasteiger partial charge in [-0.05, 0) is 45.7 Å². The fourth-order valence-electron chi connectivity index (χ4n) is 6.31. The van der Waals surface area contributed by atoms with Gasteiger partial charge in [-0.25, -0.2) is 0 Å². The average Bonchev–Trinajstić information content (AvgIpc) is 3.52. The molecule has 4 rings (SSSR count). The van der Waals surface area contributed by atoms with Crippen molar-refractivity contribution in [3.05, 3.63) is 55.6 Å². The van der Waals surface area contributed by atoms with Gasteiger partial charge in [0, 0.05) is 24.8 Å². The number of fused-ring (bicyclic) bond motifs is 1. The fourth-order valence-corrected chi connectivity index (χ4v) is 6.31. The predicted octanol–water partition coefficient (Wildman–Crippen LogP) is 2.38. The Morgan fingerprint density at radius 1 is 1.17 bits per heavy atom. The molecular weight excluding hydrogens is 458 g/mol. The zero-order valence-corrected chi connectivity index (χ0v) is 21.4. The van der Waals surface area contributed by atoms with Crippen molar-refractivity contribution in [2.45, 2.75) is 63.4 Å². The minimum atomic E-state index is -1.10. The van der Waals surface area contributed by atoms with Crippen LogP contribution < -0.4 is 4.90 Å². The van der Waals surface area contributed by atoms with E-state index in [0.29, 0.717) is 25.9 Å². The van der Waals surface area contributed by atoms with Gasteiger partial charge in [-0.15, -0.1) is 13.2 Å². The van der Waals surface area contributed by atoms with Gasteiger partial charge < -0.3 is 24.5 Å². The number of ether oxygens (including phenoxy) is 1. The number of likely N-dealkylation sites (tertiary alicyclic amines) is 1. The van der Waals surface area contributed by atoms with Gasteiger partial charge in [0.1, 0.15) is 11.6 Å². The number of hydrogen-bond acceptors (Lipinski definition) is 5. The molecule has 0 radical (unpaired) electrons. The van der Waals surface area contributed by atoms with E-state index in [1.54, 1.807) is 28.9 Å². The monoisotopic (exact) mass is 495 g/mol. The standard InChI is InChI=1S/C28H37N3O5/c1-6-15-29(18(3)4)27(35)24-28-14-13-21(36-28)22(23(28)26(34)31(24)19(5)17-32)25(33)30(16-7-2)20-11-9-8-10-12-20/h6-12,18-19,21-24,32H,1-2,13-17H2,3-5H3/t19-,21-,22+,23+,24?,28?/m1/s1. The summed E-state index contributed by atoms with van der Waals surface area (Å²) in [7, 11) is 0. The number of anilines is 1. The van der Waals surface area contributed by atoms with Crippen molar-refractivity contribution in [1.82, 2.24) is 9.80 Å². The summed E-state index contributed by atoms with van der Waals surface area (Å²) in [6.07, 6.45) is 3.97. The van der Waals surface area contributed by atoms with Crippen LogP contribution in [0.2, 0.25) is 0 Å². The molecule has 194 valence electrons. The van der Waals surface area contributed by atoms with Gasteiger partial charge in [0.25, 0.3) is 0 Å². The van der Waals surface area contributed by atoms with Crippen molar-refractivity contribution in [2.75, 3.05) is 24.6 Å². The molecule has 3 amide bonds. The molecule has 3 aliphatic heterocycles. The summed E-state index contributed by atoms with van der Waals surface area (Å²) in [4.78, 5) is 46.9. The third-order valence-corrected chi connectivity index (χ3v) is 7.87. The molecule has 8 nitrogen and oxygen atoms in total. The maximum absolute atomic E-state index is 14.0. The van der Waals surface area contributed by atoms with Crippen LogP contribution in [0.15, 0.2) is 55.6 Å². The molecule has 36 heavy (non-hydrogen) atoms. The van der Waals surface area contributed by atoms with Gasteiger partial charge >= 0.3 is 0 Å². The number of rotatable bonds is 10. The van der Waals surface area contributed by atoms with E-state index in [9.17, 15) is 19.5 Å². The van der Waals surface area contributed by atoms with Crippen LogP contribution in [0.3, 0.4) is 0 Å². The highest BCUT2D eigenvalue weighted by Gasteiger charge is 2.75. The van der Waals surface area contributed by atoms with E-state index in [2.05, 4.69) is 13.2 Å². The van der Waals surface area contributed by atoms with Gasteiger partial charge in [-0.2, -0.15) is 0 Å². The Labute approximate surface area is 213 Å². The van der Waals surface area contributed by atoms with Gasteiger partial charge in [-0.1, -0.05) is 30.4 Å². The van der Waals surface area contributed by atoms with Crippen LogP contribution in [-0.4, -0.2) is 82.2 Å². The summed E-state index contributed by atoms with van der Waals surface area (Å²) in [6, 6.07) is 7.67. The van der Waals surface area contributed by atoms with E-state index < -0.39 is 35.6 Å². The topological polar surface area (TPSA) is 90.4 Å². The maximum atomic E-state index is 14.0. The van der Waals surface area contributed by atoms with Crippen LogP contribution in [0.25, 0.3) is 0 Å². The Morgan fingerprint density at radius 2 is 1.83 bits per heavy atom. The minimum absolute atomic E-state index is 0.121. The number of nitrogens with zero attached hydrogens (tertiary/aromatic N) is 3. The summed E-state index contributed by atoms with van der Waals surface area (Å²) < 4.78 is 6.53. The summed E-state index contributed by atoms with van der Waals surface area (Å²) in [6.45, 7) is 13.5. The molecular formula is C28H37N3O5. The first-order valence-corrected chi connectivity index (χ1v) is 12.7. The average molecular weight is 496 g/mol. The van der Waals surface area contributed by atoms with Crippen molar-refractivity contribution in [1.29, 1.82) is 0 Å². The van der Waals surface area contributed by atoms with E-state index >= 15 is 0 Å². The molecule has 3 aliphatic rings. The number of aliphatic hydroxyl groups is 1. The first-order valence-electron chi connectivity index (χ1n) is 12.7. The van der Waals surface area contributed by atoms with E-state index in [1.165, 1.54) is 4.90 Å². The quantitative estimate of drug-likeness (QED) is 0.504. The molecule has 2 unspecified atom stereocenters. The molecule has 1 aromatic carbocycles. The fraction of sp³-hybridized carbons (Fsp3) is 0.536. The van der Waals surface area contributed by atoms with Crippen LogP contribution in [0.1, 0.15) is 33.6 Å². The van der Waals surface area contributed by atoms with Crippen molar-refractivity contribution >= 4 is 23.4 Å². The van der Waals surface area contributed by atoms with Crippen LogP contribution in [0.5, 0.6) is 0 Å². The Kier molecular flexibility index (Phi) is 7.38. The SMILES string of the molecule is C=CCN(C(=O)[C@@H]1[C@H]2C(=O)N([C@H](C)CO)C(C(=O)N(CC=C)C(C)C)C23CC[C@H]1O3)c1ccccc1. The zero-order valence-electron chi connectivity index (χ0n) is 21.4. The highest BCUT2D eigenvalue weighted by molar-refractivity contribution is 6.03. The van der Waals surface area contributed by atoms with E-state index in [4.69, 9.17) is 4.74 Å². The van der Waals surface area contributed by atoms with Crippen LogP contribution >= 0.6 is 0 Å². The largest absolute Gasteiger partial charge is 0.394 e. The van der Waals surface area contributed by atoms with Crippen molar-refractivity contribution < 1.29 is 24.2 Å². The van der Waals surface area contributed by atoms with E-state index in [-0.39, 0.29) is 30.4 Å². The summed E-state index contributed by atoms with van der Waals surface area (Å²) >= 11 is 0. The first kappa shape index (κ1) is 26.1. The Morgan fingerprint density at radius 3 is 2.42 bits per heavy atom. The molecule has 0 saturated carbocycles. The molecule has 3 saturated heterocycles. The number of aliphatic hydroxyl groups excluding tert-OH is 1. The second-order valence-electron chi connectivity index (χ2n) is 10.3. The Bertz CT molecular complexity index is 1030. The number of carbonyl (C=O) groups is 3. The minimum Gasteiger partial charge on any atom is -0.394 e. The molecule has 0 aromatic heterocycles. The lowest BCUT2D eigenvalue weighted by atomic mass is 9.70. The van der Waals surface area contributed by atoms with Gasteiger partial charge in [-0.3, -0.25) is 14.4 Å². The number of carbonyl (C=O) groups excluding carboxylic acids is 3. The van der Waals surface area contributed by atoms with Crippen LogP contribution in [0.4, 0.5) is 5.69 Å². The van der Waals surface area contributed by atoms with Gasteiger partial charge in [0.2, 0.25) is 17.7 Å². The number of hydrogen-bond donors (Lipinski definition) is 1. The number of benzene rings is 1. The Balaban J connectivity index is 1.77. The molecule has 1 aromatic rings. The van der Waals surface area contributed by atoms with Gasteiger partial charge in [0.05, 0.1) is 30.6 Å². The smallest absolute Gasteiger partial charge is 0.248 e. The van der Waals surface area contributed by atoms with Crippen molar-refractivity contribution in [2.24, 2.45) is 11.8 Å². The highest BCUT2D eigenvalue weighted by atomic mass is 16.5. The normalized spacial score (nSPS) is 29.2. The lowest BCUT2D eigenvalue weighted by molar-refractivity contribution is -0.151. The second-order valence-corrected chi connectivity index (χ2v) is 10.3. The molecule has 1 N–H and O–H groups in total. The first-order chi connectivity index (χ1) is 17.2. The third kappa shape index (κ3) is 3.96. The predicted molar refractivity (Wildman–Crippen MR) is 137 cm³/mol. The maximum Gasteiger partial charge on any atom is 0.248 e. The molecule has 6 atom stereocenters. The van der Waals surface area contributed by atoms with E-state index in [0.717, 1.165) is 5.69 Å². The lowest BCUT2D eigenvalue weighted by Crippen LogP contribution is -2.59. The van der Waals surface area contributed by atoms with E-state index in [1.807, 2.05) is 44.2 Å². The molecule has 2 bridgehead atoms. The van der Waals surface area contributed by atoms with Crippen molar-refractivity contribution in [3.8, 4) is 0 Å². The summed E-state index contributed by atoms with van der Waals surface area (Å²) in [5.74, 6) is -2.25. The van der Waals surface area contributed by atoms with Crippen LogP contribution in [0, 0.1) is 11.8 Å².